The van der Waals surface area contributed by atoms with Crippen LogP contribution in [0.1, 0.15) is 80.7 Å². The monoisotopic (exact) mass is 947 g/mol. The van der Waals surface area contributed by atoms with E-state index in [-0.39, 0.29) is 25.5 Å². The fraction of sp³-hybridized carbons (Fsp3) is 0.346. The predicted molar refractivity (Wildman–Crippen MR) is 240 cm³/mol. The number of benzene rings is 4. The first-order valence-corrected chi connectivity index (χ1v) is 24.1. The summed E-state index contributed by atoms with van der Waals surface area (Å²) in [4.78, 5) is 9.39. The van der Waals surface area contributed by atoms with Gasteiger partial charge in [0.2, 0.25) is 0 Å². The first-order valence-electron chi connectivity index (χ1n) is 20.6. The van der Waals surface area contributed by atoms with E-state index in [2.05, 4.69) is 157 Å². The van der Waals surface area contributed by atoms with Gasteiger partial charge in [-0.05, 0) is 107 Å². The molecule has 3 heterocycles. The van der Waals surface area contributed by atoms with E-state index in [4.69, 9.17) is 9.40 Å². The van der Waals surface area contributed by atoms with Gasteiger partial charge in [-0.2, -0.15) is 0 Å². The molecule has 8 rings (SSSR count). The molecule has 0 aliphatic heterocycles. The largest absolute Gasteiger partial charge is 0.476 e. The molecule has 1 radical (unpaired) electrons. The molecule has 3 nitrogen and oxygen atoms in total. The maximum atomic E-state index is 6.36. The van der Waals surface area contributed by atoms with Gasteiger partial charge in [0.1, 0.15) is 5.58 Å². The number of nitrogens with zero attached hydrogens (tertiary/aromatic N) is 2. The van der Waals surface area contributed by atoms with Crippen molar-refractivity contribution in [2.45, 2.75) is 106 Å². The van der Waals surface area contributed by atoms with Gasteiger partial charge in [0.05, 0.1) is 13.7 Å². The maximum Gasteiger partial charge on any atom is 0.126 e. The molecule has 0 saturated heterocycles. The summed E-state index contributed by atoms with van der Waals surface area (Å²) < 4.78 is 6.36. The summed E-state index contributed by atoms with van der Waals surface area (Å²) in [7, 11) is -1.36. The van der Waals surface area contributed by atoms with Crippen molar-refractivity contribution in [2.24, 2.45) is 11.3 Å². The van der Waals surface area contributed by atoms with Gasteiger partial charge in [-0.15, -0.1) is 53.6 Å². The predicted octanol–water partition coefficient (Wildman–Crippen LogP) is 13.8. The van der Waals surface area contributed by atoms with Crippen LogP contribution in [0.25, 0.3) is 55.6 Å². The Morgan fingerprint density at radius 1 is 0.754 bits per heavy atom. The van der Waals surface area contributed by atoms with Crippen LogP contribution >= 0.6 is 0 Å². The van der Waals surface area contributed by atoms with Crippen LogP contribution in [0.4, 0.5) is 0 Å². The van der Waals surface area contributed by atoms with Crippen LogP contribution in [0.3, 0.4) is 0 Å². The van der Waals surface area contributed by atoms with Crippen LogP contribution in [0.15, 0.2) is 102 Å². The Morgan fingerprint density at radius 2 is 1.49 bits per heavy atom. The van der Waals surface area contributed by atoms with Gasteiger partial charge >= 0.3 is 0 Å². The summed E-state index contributed by atoms with van der Waals surface area (Å²) >= 11 is 0. The van der Waals surface area contributed by atoms with Crippen molar-refractivity contribution >= 4 is 35.2 Å². The first-order chi connectivity index (χ1) is 26.7. The third-order valence-electron chi connectivity index (χ3n) is 11.3. The molecule has 7 aromatic rings. The molecule has 5 heteroatoms. The fourth-order valence-electron chi connectivity index (χ4n) is 8.64. The number of aromatic nitrogens is 2. The molecule has 0 amide bonds. The standard InChI is InChI=1S/C31H30NO.C21H28NSi.Ir/c1-19-8-7-9-20(2)29(19)24-14-21(3)30-26(16-24)25-11-10-23(17-28(25)33-30)27-15-22(12-13-32-27)18-31(4,5)6;1-23(2,3)21-16-22-20(18-12-8-5-9-13-18)15-19(21)14-17-10-6-4-7-11-17;/h7-9,11-17H,18H2,1-6H3;5,8-9,12,15-17H,4,6-7,10-11,14H2,1-3H3;/q2*-1;. The van der Waals surface area contributed by atoms with Crippen LogP contribution in [0, 0.1) is 44.2 Å². The van der Waals surface area contributed by atoms with E-state index < -0.39 is 8.07 Å². The van der Waals surface area contributed by atoms with Crippen LogP contribution in [0.2, 0.25) is 19.6 Å². The topological polar surface area (TPSA) is 38.9 Å². The first kappa shape index (κ1) is 42.5. The average Bonchev–Trinajstić information content (AvgIpc) is 3.53. The molecule has 0 N–H and O–H groups in total. The Bertz CT molecular complexity index is 2440. The van der Waals surface area contributed by atoms with Crippen LogP contribution in [-0.2, 0) is 32.9 Å². The molecule has 0 bridgehead atoms. The van der Waals surface area contributed by atoms with Crippen molar-refractivity contribution in [1.29, 1.82) is 0 Å². The molecule has 57 heavy (non-hydrogen) atoms. The molecule has 297 valence electrons. The maximum absolute atomic E-state index is 6.36. The number of aryl methyl sites for hydroxylation is 3. The quantitative estimate of drug-likeness (QED) is 0.118. The third kappa shape index (κ3) is 10.1. The summed E-state index contributed by atoms with van der Waals surface area (Å²) in [6.45, 7) is 20.6. The van der Waals surface area contributed by atoms with Crippen molar-refractivity contribution in [2.75, 3.05) is 0 Å². The van der Waals surface area contributed by atoms with Gasteiger partial charge in [0.25, 0.3) is 0 Å². The molecule has 0 unspecified atom stereocenters. The van der Waals surface area contributed by atoms with Gasteiger partial charge in [-0.3, -0.25) is 0 Å². The van der Waals surface area contributed by atoms with Gasteiger partial charge in [-0.25, -0.2) is 0 Å². The summed E-state index contributed by atoms with van der Waals surface area (Å²) in [5, 5.41) is 3.78. The molecular formula is C52H58IrN2OSi-2. The molecule has 4 aromatic carbocycles. The second-order valence-corrected chi connectivity index (χ2v) is 23.4. The zero-order valence-corrected chi connectivity index (χ0v) is 38.8. The van der Waals surface area contributed by atoms with E-state index in [9.17, 15) is 0 Å². The number of furan rings is 1. The average molecular weight is 947 g/mol. The van der Waals surface area contributed by atoms with Crippen molar-refractivity contribution < 1.29 is 24.5 Å². The number of fused-ring (bicyclic) bond motifs is 3. The van der Waals surface area contributed by atoms with Gasteiger partial charge in [-0.1, -0.05) is 131 Å². The number of pyridine rings is 2. The van der Waals surface area contributed by atoms with E-state index in [1.807, 2.05) is 18.3 Å². The summed E-state index contributed by atoms with van der Waals surface area (Å²) in [6.07, 6.45) is 13.4. The third-order valence-corrected chi connectivity index (χ3v) is 13.4. The minimum Gasteiger partial charge on any atom is -0.476 e. The zero-order valence-electron chi connectivity index (χ0n) is 35.4. The van der Waals surface area contributed by atoms with Crippen molar-refractivity contribution in [3.05, 3.63) is 137 Å². The Labute approximate surface area is 356 Å². The van der Waals surface area contributed by atoms with Crippen molar-refractivity contribution in [1.82, 2.24) is 9.97 Å². The van der Waals surface area contributed by atoms with E-state index in [1.54, 1.807) is 10.8 Å². The fourth-order valence-corrected chi connectivity index (χ4v) is 10.2. The summed E-state index contributed by atoms with van der Waals surface area (Å²) in [5.74, 6) is 0.869. The molecule has 1 fully saturated rings. The number of rotatable bonds is 7. The molecular weight excluding hydrogens is 889 g/mol. The van der Waals surface area contributed by atoms with E-state index >= 15 is 0 Å². The van der Waals surface area contributed by atoms with Crippen molar-refractivity contribution in [3.8, 4) is 33.6 Å². The van der Waals surface area contributed by atoms with Gasteiger partial charge in [0.15, 0.2) is 0 Å². The second kappa shape index (κ2) is 17.8. The Hall–Kier alpha value is -4.15. The second-order valence-electron chi connectivity index (χ2n) is 18.4. The SMILES string of the molecule is C[Si](C)(C)c1cnc(-c2[c-]cccc2)cc1CC1CCCCC1.Cc1cccc(C)c1-c1cc(C)c2oc3cc(-c4cc(CC(C)(C)C)ccn4)[c-]cc3c2c1.[Ir]. The van der Waals surface area contributed by atoms with E-state index in [0.717, 1.165) is 62.4 Å². The minimum absolute atomic E-state index is 0. The van der Waals surface area contributed by atoms with Gasteiger partial charge < -0.3 is 14.4 Å². The summed E-state index contributed by atoms with van der Waals surface area (Å²) in [5.41, 5.74) is 15.3. The summed E-state index contributed by atoms with van der Waals surface area (Å²) in [6, 6.07) is 36.7. The normalized spacial score (nSPS) is 13.6. The van der Waals surface area contributed by atoms with Crippen molar-refractivity contribution in [3.63, 3.8) is 0 Å². The molecule has 0 atom stereocenters. The van der Waals surface area contributed by atoms with E-state index in [1.165, 1.54) is 66.3 Å². The molecule has 0 spiro atoms. The smallest absolute Gasteiger partial charge is 0.126 e. The molecule has 1 aliphatic rings. The van der Waals surface area contributed by atoms with Crippen LogP contribution < -0.4 is 5.19 Å². The molecule has 1 saturated carbocycles. The van der Waals surface area contributed by atoms with E-state index in [0.29, 0.717) is 0 Å². The Balaban J connectivity index is 0.000000202. The minimum atomic E-state index is -1.36. The number of hydrogen-bond donors (Lipinski definition) is 0. The zero-order chi connectivity index (χ0) is 39.6. The Morgan fingerprint density at radius 3 is 2.18 bits per heavy atom. The Kier molecular flexibility index (Phi) is 13.2. The van der Waals surface area contributed by atoms with Gasteiger partial charge in [0, 0.05) is 32.5 Å². The molecule has 1 aliphatic carbocycles. The van der Waals surface area contributed by atoms with Crippen LogP contribution in [-0.4, -0.2) is 18.0 Å². The van der Waals surface area contributed by atoms with Crippen LogP contribution in [0.5, 0.6) is 0 Å². The molecule has 3 aromatic heterocycles. The number of hydrogen-bond acceptors (Lipinski definition) is 3.